The van der Waals surface area contributed by atoms with Crippen LogP contribution in [0.1, 0.15) is 36.8 Å². The SMILES string of the molecule is COc1cc2c(cc1OC)C1(CCCC1)CN(CC#N)C2. The van der Waals surface area contributed by atoms with E-state index in [0.717, 1.165) is 24.6 Å². The van der Waals surface area contributed by atoms with Gasteiger partial charge in [0, 0.05) is 18.5 Å². The second-order valence-corrected chi connectivity index (χ2v) is 6.16. The Balaban J connectivity index is 2.08. The first-order chi connectivity index (χ1) is 10.2. The second kappa shape index (κ2) is 5.57. The van der Waals surface area contributed by atoms with E-state index in [0.29, 0.717) is 6.54 Å². The molecule has 4 nitrogen and oxygen atoms in total. The monoisotopic (exact) mass is 286 g/mol. The Morgan fingerprint density at radius 1 is 1.19 bits per heavy atom. The predicted octanol–water partition coefficient (Wildman–Crippen LogP) is 2.85. The highest BCUT2D eigenvalue weighted by Gasteiger charge is 2.42. The van der Waals surface area contributed by atoms with Gasteiger partial charge in [0.15, 0.2) is 11.5 Å². The van der Waals surface area contributed by atoms with E-state index in [1.165, 1.54) is 36.8 Å². The minimum Gasteiger partial charge on any atom is -0.493 e. The van der Waals surface area contributed by atoms with Crippen molar-refractivity contribution in [2.45, 2.75) is 37.6 Å². The highest BCUT2D eigenvalue weighted by molar-refractivity contribution is 5.51. The maximum Gasteiger partial charge on any atom is 0.161 e. The van der Waals surface area contributed by atoms with Gasteiger partial charge in [-0.25, -0.2) is 0 Å². The quantitative estimate of drug-likeness (QED) is 0.802. The van der Waals surface area contributed by atoms with Crippen LogP contribution in [0.4, 0.5) is 0 Å². The molecule has 0 aromatic heterocycles. The standard InChI is InChI=1S/C17H22N2O2/c1-20-15-9-13-11-19(8-7-18)12-17(5-3-4-6-17)14(13)10-16(15)21-2/h9-10H,3-6,8,11-12H2,1-2H3. The van der Waals surface area contributed by atoms with Gasteiger partial charge in [-0.15, -0.1) is 0 Å². The van der Waals surface area contributed by atoms with Gasteiger partial charge < -0.3 is 9.47 Å². The van der Waals surface area contributed by atoms with Crippen molar-refractivity contribution in [3.8, 4) is 17.6 Å². The average molecular weight is 286 g/mol. The highest BCUT2D eigenvalue weighted by atomic mass is 16.5. The van der Waals surface area contributed by atoms with Crippen molar-refractivity contribution in [2.75, 3.05) is 27.3 Å². The van der Waals surface area contributed by atoms with Gasteiger partial charge in [0.1, 0.15) is 0 Å². The average Bonchev–Trinajstić information content (AvgIpc) is 2.95. The van der Waals surface area contributed by atoms with Gasteiger partial charge in [-0.05, 0) is 36.1 Å². The molecule has 0 radical (unpaired) electrons. The molecular weight excluding hydrogens is 264 g/mol. The Kier molecular flexibility index (Phi) is 3.77. The van der Waals surface area contributed by atoms with Crippen molar-refractivity contribution in [1.82, 2.24) is 4.90 Å². The van der Waals surface area contributed by atoms with Crippen LogP contribution in [0, 0.1) is 11.3 Å². The van der Waals surface area contributed by atoms with Crippen molar-refractivity contribution in [1.29, 1.82) is 5.26 Å². The third-order valence-electron chi connectivity index (χ3n) is 4.96. The summed E-state index contributed by atoms with van der Waals surface area (Å²) in [6.07, 6.45) is 4.96. The lowest BCUT2D eigenvalue weighted by Gasteiger charge is -2.41. The lowest BCUT2D eigenvalue weighted by molar-refractivity contribution is 0.194. The van der Waals surface area contributed by atoms with E-state index in [1.807, 2.05) is 0 Å². The number of nitrogens with zero attached hydrogens (tertiary/aromatic N) is 2. The zero-order chi connectivity index (χ0) is 14.9. The fourth-order valence-corrected chi connectivity index (χ4v) is 4.05. The Hall–Kier alpha value is -1.73. The van der Waals surface area contributed by atoms with Crippen molar-refractivity contribution >= 4 is 0 Å². The maximum absolute atomic E-state index is 9.04. The first-order valence-corrected chi connectivity index (χ1v) is 7.57. The molecule has 0 amide bonds. The molecule has 1 aromatic carbocycles. The molecule has 0 saturated heterocycles. The van der Waals surface area contributed by atoms with E-state index >= 15 is 0 Å². The summed E-state index contributed by atoms with van der Waals surface area (Å²) in [5, 5.41) is 9.04. The van der Waals surface area contributed by atoms with Crippen molar-refractivity contribution in [3.05, 3.63) is 23.3 Å². The molecule has 1 heterocycles. The fourth-order valence-electron chi connectivity index (χ4n) is 4.05. The maximum atomic E-state index is 9.04. The molecule has 0 bridgehead atoms. The van der Waals surface area contributed by atoms with Gasteiger partial charge in [0.25, 0.3) is 0 Å². The summed E-state index contributed by atoms with van der Waals surface area (Å²) in [6.45, 7) is 2.31. The van der Waals surface area contributed by atoms with Crippen LogP contribution in [0.2, 0.25) is 0 Å². The van der Waals surface area contributed by atoms with Gasteiger partial charge in [0.2, 0.25) is 0 Å². The largest absolute Gasteiger partial charge is 0.493 e. The first-order valence-electron chi connectivity index (χ1n) is 7.57. The van der Waals surface area contributed by atoms with Gasteiger partial charge in [-0.3, -0.25) is 4.90 Å². The van der Waals surface area contributed by atoms with E-state index in [9.17, 15) is 0 Å². The molecule has 1 saturated carbocycles. The van der Waals surface area contributed by atoms with E-state index in [4.69, 9.17) is 14.7 Å². The molecule has 0 N–H and O–H groups in total. The zero-order valence-corrected chi connectivity index (χ0v) is 12.8. The molecule has 0 atom stereocenters. The van der Waals surface area contributed by atoms with E-state index in [2.05, 4.69) is 23.1 Å². The van der Waals surface area contributed by atoms with Gasteiger partial charge in [-0.1, -0.05) is 12.8 Å². The summed E-state index contributed by atoms with van der Waals surface area (Å²) in [4.78, 5) is 2.26. The zero-order valence-electron chi connectivity index (χ0n) is 12.8. The summed E-state index contributed by atoms with van der Waals surface area (Å²) in [5.41, 5.74) is 2.90. The summed E-state index contributed by atoms with van der Waals surface area (Å²) >= 11 is 0. The van der Waals surface area contributed by atoms with Crippen LogP contribution in [0.15, 0.2) is 12.1 Å². The minimum atomic E-state index is 0.198. The van der Waals surface area contributed by atoms with Crippen molar-refractivity contribution in [2.24, 2.45) is 0 Å². The number of ether oxygens (including phenoxy) is 2. The molecule has 4 heteroatoms. The van der Waals surface area contributed by atoms with E-state index < -0.39 is 0 Å². The Labute approximate surface area is 126 Å². The fraction of sp³-hybridized carbons (Fsp3) is 0.588. The normalized spacial score (nSPS) is 20.0. The number of rotatable bonds is 3. The molecule has 0 unspecified atom stereocenters. The van der Waals surface area contributed by atoms with Crippen LogP contribution in [0.3, 0.4) is 0 Å². The molecule has 112 valence electrons. The molecular formula is C17H22N2O2. The van der Waals surface area contributed by atoms with Crippen molar-refractivity contribution in [3.63, 3.8) is 0 Å². The molecule has 21 heavy (non-hydrogen) atoms. The van der Waals surface area contributed by atoms with Crippen LogP contribution in [-0.4, -0.2) is 32.2 Å². The third kappa shape index (κ3) is 2.36. The molecule has 1 spiro atoms. The van der Waals surface area contributed by atoms with Crippen LogP contribution in [-0.2, 0) is 12.0 Å². The Bertz CT molecular complexity index is 571. The van der Waals surface area contributed by atoms with E-state index in [-0.39, 0.29) is 5.41 Å². The van der Waals surface area contributed by atoms with Crippen LogP contribution < -0.4 is 9.47 Å². The third-order valence-corrected chi connectivity index (χ3v) is 4.96. The summed E-state index contributed by atoms with van der Waals surface area (Å²) in [7, 11) is 3.36. The second-order valence-electron chi connectivity index (χ2n) is 6.16. The number of hydrogen-bond donors (Lipinski definition) is 0. The summed E-state index contributed by atoms with van der Waals surface area (Å²) in [5.74, 6) is 1.60. The molecule has 1 aromatic rings. The summed E-state index contributed by atoms with van der Waals surface area (Å²) in [6, 6.07) is 6.56. The number of nitriles is 1. The molecule has 1 aliphatic carbocycles. The van der Waals surface area contributed by atoms with Crippen LogP contribution >= 0.6 is 0 Å². The first kappa shape index (κ1) is 14.2. The number of hydrogen-bond acceptors (Lipinski definition) is 4. The predicted molar refractivity (Wildman–Crippen MR) is 80.6 cm³/mol. The van der Waals surface area contributed by atoms with Gasteiger partial charge in [0.05, 0.1) is 26.8 Å². The van der Waals surface area contributed by atoms with Crippen LogP contribution in [0.5, 0.6) is 11.5 Å². The molecule has 2 aliphatic rings. The van der Waals surface area contributed by atoms with Gasteiger partial charge in [-0.2, -0.15) is 5.26 Å². The minimum absolute atomic E-state index is 0.198. The Morgan fingerprint density at radius 2 is 1.86 bits per heavy atom. The van der Waals surface area contributed by atoms with Gasteiger partial charge >= 0.3 is 0 Å². The molecule has 3 rings (SSSR count). The van der Waals surface area contributed by atoms with Crippen molar-refractivity contribution < 1.29 is 9.47 Å². The lowest BCUT2D eigenvalue weighted by atomic mass is 9.73. The van der Waals surface area contributed by atoms with Crippen LogP contribution in [0.25, 0.3) is 0 Å². The number of fused-ring (bicyclic) bond motifs is 2. The topological polar surface area (TPSA) is 45.5 Å². The number of benzene rings is 1. The van der Waals surface area contributed by atoms with E-state index in [1.54, 1.807) is 14.2 Å². The number of methoxy groups -OCH3 is 2. The summed E-state index contributed by atoms with van der Waals surface area (Å²) < 4.78 is 10.9. The smallest absolute Gasteiger partial charge is 0.161 e. The molecule has 1 fully saturated rings. The molecule has 1 aliphatic heterocycles. The Morgan fingerprint density at radius 3 is 2.48 bits per heavy atom. The highest BCUT2D eigenvalue weighted by Crippen LogP contribution is 2.48. The lowest BCUT2D eigenvalue weighted by Crippen LogP contribution is -2.44.